The Morgan fingerprint density at radius 3 is 2.92 bits per heavy atom. The molecule has 0 aliphatic heterocycles. The summed E-state index contributed by atoms with van der Waals surface area (Å²) in [6.07, 6.45) is 6.07. The number of Topliss-reactive ketones (excluding diaryl/α,β-unsaturated/α-hetero) is 1. The highest BCUT2D eigenvalue weighted by Crippen LogP contribution is 2.23. The van der Waals surface area contributed by atoms with E-state index in [2.05, 4.69) is 25.3 Å². The molecule has 0 saturated heterocycles. The molecule has 13 heavy (non-hydrogen) atoms. The zero-order valence-electron chi connectivity index (χ0n) is 8.45. The Labute approximate surface area is 85.0 Å². The Morgan fingerprint density at radius 1 is 1.54 bits per heavy atom. The summed E-state index contributed by atoms with van der Waals surface area (Å²) in [5.41, 5.74) is 0. The summed E-state index contributed by atoms with van der Waals surface area (Å²) in [7, 11) is 0. The first-order valence-corrected chi connectivity index (χ1v) is 5.96. The summed E-state index contributed by atoms with van der Waals surface area (Å²) < 4.78 is 0. The Morgan fingerprint density at radius 2 is 2.31 bits per heavy atom. The lowest BCUT2D eigenvalue weighted by molar-refractivity contribution is -0.121. The SMILES string of the molecule is CC(C)S/C=C/C1CCCC(=O)C1. The number of allylic oxidation sites excluding steroid dienone is 1. The Bertz CT molecular complexity index is 196. The topological polar surface area (TPSA) is 17.1 Å². The Kier molecular flexibility index (Phi) is 4.57. The minimum atomic E-state index is 0.440. The number of rotatable bonds is 3. The molecule has 0 spiro atoms. The van der Waals surface area contributed by atoms with Crippen LogP contribution in [-0.2, 0) is 4.79 Å². The highest BCUT2D eigenvalue weighted by atomic mass is 32.2. The summed E-state index contributed by atoms with van der Waals surface area (Å²) in [6.45, 7) is 4.36. The second-order valence-electron chi connectivity index (χ2n) is 3.91. The van der Waals surface area contributed by atoms with Crippen LogP contribution in [0.2, 0.25) is 0 Å². The summed E-state index contributed by atoms with van der Waals surface area (Å²) in [5.74, 6) is 0.961. The number of hydrogen-bond donors (Lipinski definition) is 0. The van der Waals surface area contributed by atoms with E-state index in [1.807, 2.05) is 11.8 Å². The van der Waals surface area contributed by atoms with Gasteiger partial charge in [-0.15, -0.1) is 11.8 Å². The van der Waals surface area contributed by atoms with Crippen molar-refractivity contribution in [1.82, 2.24) is 0 Å². The van der Waals surface area contributed by atoms with Crippen molar-refractivity contribution in [3.05, 3.63) is 11.5 Å². The fourth-order valence-electron chi connectivity index (χ4n) is 1.54. The molecule has 1 unspecified atom stereocenters. The second kappa shape index (κ2) is 5.48. The van der Waals surface area contributed by atoms with Crippen LogP contribution < -0.4 is 0 Å². The van der Waals surface area contributed by atoms with Crippen LogP contribution in [0.1, 0.15) is 39.5 Å². The zero-order chi connectivity index (χ0) is 9.68. The van der Waals surface area contributed by atoms with Crippen LogP contribution in [0.15, 0.2) is 11.5 Å². The van der Waals surface area contributed by atoms with Crippen molar-refractivity contribution in [3.8, 4) is 0 Å². The van der Waals surface area contributed by atoms with E-state index in [0.29, 0.717) is 17.0 Å². The van der Waals surface area contributed by atoms with Crippen LogP contribution in [0.25, 0.3) is 0 Å². The maximum Gasteiger partial charge on any atom is 0.133 e. The van der Waals surface area contributed by atoms with Gasteiger partial charge in [0.15, 0.2) is 0 Å². The van der Waals surface area contributed by atoms with Gasteiger partial charge in [-0.25, -0.2) is 0 Å². The van der Waals surface area contributed by atoms with E-state index in [0.717, 1.165) is 19.3 Å². The maximum atomic E-state index is 11.1. The van der Waals surface area contributed by atoms with E-state index in [4.69, 9.17) is 0 Å². The number of thioether (sulfide) groups is 1. The first-order chi connectivity index (χ1) is 6.18. The zero-order valence-corrected chi connectivity index (χ0v) is 9.27. The minimum absolute atomic E-state index is 0.440. The van der Waals surface area contributed by atoms with Crippen molar-refractivity contribution in [2.75, 3.05) is 0 Å². The van der Waals surface area contributed by atoms with E-state index in [9.17, 15) is 4.79 Å². The van der Waals surface area contributed by atoms with Crippen molar-refractivity contribution in [3.63, 3.8) is 0 Å². The van der Waals surface area contributed by atoms with Gasteiger partial charge < -0.3 is 0 Å². The van der Waals surface area contributed by atoms with Gasteiger partial charge in [-0.1, -0.05) is 19.9 Å². The van der Waals surface area contributed by atoms with Gasteiger partial charge in [0.25, 0.3) is 0 Å². The molecule has 2 heteroatoms. The molecule has 0 N–H and O–H groups in total. The van der Waals surface area contributed by atoms with Crippen LogP contribution in [0.4, 0.5) is 0 Å². The van der Waals surface area contributed by atoms with Crippen molar-refractivity contribution >= 4 is 17.5 Å². The Balaban J connectivity index is 2.27. The van der Waals surface area contributed by atoms with E-state index < -0.39 is 0 Å². The highest BCUT2D eigenvalue weighted by molar-refractivity contribution is 8.02. The molecular formula is C11H18OS. The van der Waals surface area contributed by atoms with Crippen molar-refractivity contribution in [2.24, 2.45) is 5.92 Å². The summed E-state index contributed by atoms with van der Waals surface area (Å²) in [5, 5.41) is 2.81. The fraction of sp³-hybridized carbons (Fsp3) is 0.727. The van der Waals surface area contributed by atoms with Crippen LogP contribution >= 0.6 is 11.8 Å². The fourth-order valence-corrected chi connectivity index (χ4v) is 2.16. The molecule has 0 bridgehead atoms. The predicted molar refractivity (Wildman–Crippen MR) is 58.8 cm³/mol. The number of carbonyl (C=O) groups is 1. The van der Waals surface area contributed by atoms with Gasteiger partial charge in [0.2, 0.25) is 0 Å². The average molecular weight is 198 g/mol. The largest absolute Gasteiger partial charge is 0.300 e. The summed E-state index contributed by atoms with van der Waals surface area (Å²) >= 11 is 1.83. The molecule has 1 aliphatic carbocycles. The van der Waals surface area contributed by atoms with Crippen LogP contribution in [0.5, 0.6) is 0 Å². The van der Waals surface area contributed by atoms with Gasteiger partial charge in [-0.2, -0.15) is 0 Å². The third-order valence-electron chi connectivity index (χ3n) is 2.22. The van der Waals surface area contributed by atoms with Crippen molar-refractivity contribution < 1.29 is 4.79 Å². The van der Waals surface area contributed by atoms with Gasteiger partial charge in [-0.3, -0.25) is 4.79 Å². The molecule has 0 radical (unpaired) electrons. The highest BCUT2D eigenvalue weighted by Gasteiger charge is 2.16. The molecule has 74 valence electrons. The van der Waals surface area contributed by atoms with Gasteiger partial charge >= 0.3 is 0 Å². The summed E-state index contributed by atoms with van der Waals surface area (Å²) in [4.78, 5) is 11.1. The smallest absolute Gasteiger partial charge is 0.133 e. The molecule has 1 nitrogen and oxygen atoms in total. The lowest BCUT2D eigenvalue weighted by Crippen LogP contribution is -2.12. The van der Waals surface area contributed by atoms with Gasteiger partial charge in [0.05, 0.1) is 0 Å². The average Bonchev–Trinajstić information content (AvgIpc) is 2.03. The molecule has 0 aromatic carbocycles. The molecule has 1 fully saturated rings. The Hall–Kier alpha value is -0.240. The predicted octanol–water partition coefficient (Wildman–Crippen LogP) is 3.40. The first-order valence-electron chi connectivity index (χ1n) is 5.02. The van der Waals surface area contributed by atoms with E-state index >= 15 is 0 Å². The molecule has 0 aromatic rings. The molecule has 0 heterocycles. The normalized spacial score (nSPS) is 24.5. The maximum absolute atomic E-state index is 11.1. The minimum Gasteiger partial charge on any atom is -0.300 e. The molecule has 1 aliphatic rings. The van der Waals surface area contributed by atoms with Crippen LogP contribution in [-0.4, -0.2) is 11.0 Å². The lowest BCUT2D eigenvalue weighted by Gasteiger charge is -2.16. The van der Waals surface area contributed by atoms with Gasteiger partial charge in [0, 0.05) is 18.1 Å². The molecular weight excluding hydrogens is 180 g/mol. The van der Waals surface area contributed by atoms with Crippen LogP contribution in [0, 0.1) is 5.92 Å². The monoisotopic (exact) mass is 198 g/mol. The number of ketones is 1. The molecule has 0 aromatic heterocycles. The number of carbonyl (C=O) groups excluding carboxylic acids is 1. The number of hydrogen-bond acceptors (Lipinski definition) is 2. The quantitative estimate of drug-likeness (QED) is 0.691. The standard InChI is InChI=1S/C11H18OS/c1-9(2)13-7-6-10-4-3-5-11(12)8-10/h6-7,9-10H,3-5,8H2,1-2H3/b7-6+. The molecule has 0 amide bonds. The van der Waals surface area contributed by atoms with E-state index in [-0.39, 0.29) is 0 Å². The van der Waals surface area contributed by atoms with Crippen LogP contribution in [0.3, 0.4) is 0 Å². The summed E-state index contributed by atoms with van der Waals surface area (Å²) in [6, 6.07) is 0. The molecule has 1 rings (SSSR count). The third-order valence-corrected chi connectivity index (χ3v) is 3.08. The van der Waals surface area contributed by atoms with Crippen molar-refractivity contribution in [1.29, 1.82) is 0 Å². The van der Waals surface area contributed by atoms with E-state index in [1.54, 1.807) is 0 Å². The van der Waals surface area contributed by atoms with Crippen molar-refractivity contribution in [2.45, 2.75) is 44.8 Å². The second-order valence-corrected chi connectivity index (χ2v) is 5.40. The first kappa shape index (κ1) is 10.8. The lowest BCUT2D eigenvalue weighted by atomic mass is 9.89. The third kappa shape index (κ3) is 4.51. The van der Waals surface area contributed by atoms with Gasteiger partial charge in [-0.05, 0) is 24.2 Å². The van der Waals surface area contributed by atoms with E-state index in [1.165, 1.54) is 6.42 Å². The van der Waals surface area contributed by atoms with Gasteiger partial charge in [0.1, 0.15) is 5.78 Å². The molecule has 1 saturated carbocycles. The molecule has 1 atom stereocenters.